The van der Waals surface area contributed by atoms with Crippen molar-refractivity contribution >= 4 is 21.6 Å². The summed E-state index contributed by atoms with van der Waals surface area (Å²) in [5.74, 6) is 0. The lowest BCUT2D eigenvalue weighted by molar-refractivity contribution is -0.0296. The highest BCUT2D eigenvalue weighted by molar-refractivity contribution is 7.18. The first-order valence-corrected chi connectivity index (χ1v) is 6.57. The first kappa shape index (κ1) is 12.5. The Morgan fingerprint density at radius 3 is 2.88 bits per heavy atom. The average molecular weight is 251 g/mol. The molecule has 0 aliphatic carbocycles. The Bertz CT molecular complexity index is 460. The molecule has 0 aliphatic heterocycles. The van der Waals surface area contributed by atoms with Crippen LogP contribution in [0.25, 0.3) is 10.2 Å². The van der Waals surface area contributed by atoms with Gasteiger partial charge in [-0.1, -0.05) is 12.1 Å². The molecule has 0 bridgehead atoms. The summed E-state index contributed by atoms with van der Waals surface area (Å²) in [5, 5.41) is 11.1. The SMILES string of the molecule is CCOCC(C)(O)Cc1nc2ccccc2s1. The molecule has 1 unspecified atom stereocenters. The van der Waals surface area contributed by atoms with Crippen LogP contribution in [-0.2, 0) is 11.2 Å². The molecular weight excluding hydrogens is 234 g/mol. The molecule has 1 aromatic carbocycles. The average Bonchev–Trinajstić information content (AvgIpc) is 2.67. The van der Waals surface area contributed by atoms with Crippen molar-refractivity contribution in [3.8, 4) is 0 Å². The lowest BCUT2D eigenvalue weighted by Gasteiger charge is -2.21. The van der Waals surface area contributed by atoms with Crippen molar-refractivity contribution in [1.29, 1.82) is 0 Å². The summed E-state index contributed by atoms with van der Waals surface area (Å²) < 4.78 is 6.43. The Kier molecular flexibility index (Phi) is 3.76. The maximum atomic E-state index is 10.2. The molecule has 0 saturated carbocycles. The third-order valence-electron chi connectivity index (χ3n) is 2.49. The largest absolute Gasteiger partial charge is 0.387 e. The fourth-order valence-electron chi connectivity index (χ4n) is 1.69. The predicted octanol–water partition coefficient (Wildman–Crippen LogP) is 2.63. The number of benzene rings is 1. The topological polar surface area (TPSA) is 42.4 Å². The number of hydrogen-bond donors (Lipinski definition) is 1. The number of aromatic nitrogens is 1. The van der Waals surface area contributed by atoms with Crippen LogP contribution in [0.15, 0.2) is 24.3 Å². The van der Waals surface area contributed by atoms with E-state index in [0.29, 0.717) is 19.6 Å². The molecular formula is C13H17NO2S. The highest BCUT2D eigenvalue weighted by Crippen LogP contribution is 2.24. The minimum atomic E-state index is -0.843. The summed E-state index contributed by atoms with van der Waals surface area (Å²) in [6.45, 7) is 4.68. The van der Waals surface area contributed by atoms with E-state index in [9.17, 15) is 5.11 Å². The number of thiazole rings is 1. The van der Waals surface area contributed by atoms with E-state index < -0.39 is 5.60 Å². The van der Waals surface area contributed by atoms with Crippen LogP contribution in [0.2, 0.25) is 0 Å². The number of nitrogens with zero attached hydrogens (tertiary/aromatic N) is 1. The van der Waals surface area contributed by atoms with E-state index in [1.54, 1.807) is 18.3 Å². The molecule has 0 amide bonds. The Morgan fingerprint density at radius 1 is 1.41 bits per heavy atom. The molecule has 1 heterocycles. The molecule has 4 heteroatoms. The lowest BCUT2D eigenvalue weighted by Crippen LogP contribution is -2.33. The van der Waals surface area contributed by atoms with Gasteiger partial charge in [-0.05, 0) is 26.0 Å². The normalized spacial score (nSPS) is 15.0. The fourth-order valence-corrected chi connectivity index (χ4v) is 2.84. The van der Waals surface area contributed by atoms with Crippen LogP contribution in [0.3, 0.4) is 0 Å². The van der Waals surface area contributed by atoms with E-state index in [4.69, 9.17) is 4.74 Å². The van der Waals surface area contributed by atoms with E-state index >= 15 is 0 Å². The van der Waals surface area contributed by atoms with Gasteiger partial charge in [0.25, 0.3) is 0 Å². The van der Waals surface area contributed by atoms with Gasteiger partial charge in [0.05, 0.1) is 27.4 Å². The van der Waals surface area contributed by atoms with Crippen LogP contribution in [0.5, 0.6) is 0 Å². The molecule has 2 aromatic rings. The van der Waals surface area contributed by atoms with Gasteiger partial charge >= 0.3 is 0 Å². The zero-order chi connectivity index (χ0) is 12.3. The fraction of sp³-hybridized carbons (Fsp3) is 0.462. The second kappa shape index (κ2) is 5.12. The molecule has 92 valence electrons. The van der Waals surface area contributed by atoms with E-state index in [2.05, 4.69) is 4.98 Å². The highest BCUT2D eigenvalue weighted by Gasteiger charge is 2.23. The number of ether oxygens (including phenoxy) is 1. The maximum absolute atomic E-state index is 10.2. The molecule has 0 fully saturated rings. The molecule has 2 rings (SSSR count). The van der Waals surface area contributed by atoms with Gasteiger partial charge in [-0.2, -0.15) is 0 Å². The van der Waals surface area contributed by atoms with Crippen molar-refractivity contribution in [1.82, 2.24) is 4.98 Å². The van der Waals surface area contributed by atoms with Crippen LogP contribution in [-0.4, -0.2) is 28.9 Å². The van der Waals surface area contributed by atoms with Crippen molar-refractivity contribution in [2.75, 3.05) is 13.2 Å². The summed E-state index contributed by atoms with van der Waals surface area (Å²) in [6.07, 6.45) is 0.534. The van der Waals surface area contributed by atoms with Crippen molar-refractivity contribution in [3.05, 3.63) is 29.3 Å². The summed E-state index contributed by atoms with van der Waals surface area (Å²) in [7, 11) is 0. The predicted molar refractivity (Wildman–Crippen MR) is 70.4 cm³/mol. The van der Waals surface area contributed by atoms with E-state index in [-0.39, 0.29) is 0 Å². The highest BCUT2D eigenvalue weighted by atomic mass is 32.1. The summed E-state index contributed by atoms with van der Waals surface area (Å²) in [4.78, 5) is 4.51. The third-order valence-corrected chi connectivity index (χ3v) is 3.52. The standard InChI is InChI=1S/C13H17NO2S/c1-3-16-9-13(2,15)8-12-14-10-6-4-5-7-11(10)17-12/h4-7,15H,3,8-9H2,1-2H3. The number of para-hydroxylation sites is 1. The zero-order valence-corrected chi connectivity index (χ0v) is 11.0. The van der Waals surface area contributed by atoms with Gasteiger partial charge in [0.15, 0.2) is 0 Å². The van der Waals surface area contributed by atoms with Crippen LogP contribution < -0.4 is 0 Å². The first-order valence-electron chi connectivity index (χ1n) is 5.75. The Hall–Kier alpha value is -0.970. The van der Waals surface area contributed by atoms with Crippen LogP contribution >= 0.6 is 11.3 Å². The van der Waals surface area contributed by atoms with Gasteiger partial charge in [0.2, 0.25) is 0 Å². The summed E-state index contributed by atoms with van der Waals surface area (Å²) >= 11 is 1.63. The molecule has 1 atom stereocenters. The van der Waals surface area contributed by atoms with Crippen molar-refractivity contribution in [2.24, 2.45) is 0 Å². The second-order valence-corrected chi connectivity index (χ2v) is 5.50. The van der Waals surface area contributed by atoms with Crippen LogP contribution in [0, 0.1) is 0 Å². The zero-order valence-electron chi connectivity index (χ0n) is 10.1. The smallest absolute Gasteiger partial charge is 0.0968 e. The minimum absolute atomic E-state index is 0.347. The number of rotatable bonds is 5. The van der Waals surface area contributed by atoms with E-state index in [1.807, 2.05) is 31.2 Å². The first-order chi connectivity index (χ1) is 8.11. The molecule has 0 radical (unpaired) electrons. The van der Waals surface area contributed by atoms with Gasteiger partial charge < -0.3 is 9.84 Å². The Labute approximate surface area is 105 Å². The van der Waals surface area contributed by atoms with Crippen molar-refractivity contribution in [2.45, 2.75) is 25.9 Å². The van der Waals surface area contributed by atoms with Gasteiger partial charge in [-0.25, -0.2) is 4.98 Å². The molecule has 17 heavy (non-hydrogen) atoms. The molecule has 1 aromatic heterocycles. The van der Waals surface area contributed by atoms with Gasteiger partial charge in [-0.15, -0.1) is 11.3 Å². The van der Waals surface area contributed by atoms with Crippen molar-refractivity contribution < 1.29 is 9.84 Å². The maximum Gasteiger partial charge on any atom is 0.0968 e. The third kappa shape index (κ3) is 3.25. The van der Waals surface area contributed by atoms with Crippen molar-refractivity contribution in [3.63, 3.8) is 0 Å². The summed E-state index contributed by atoms with van der Waals surface area (Å²) in [6, 6.07) is 8.02. The number of hydrogen-bond acceptors (Lipinski definition) is 4. The lowest BCUT2D eigenvalue weighted by atomic mass is 10.0. The molecule has 0 spiro atoms. The monoisotopic (exact) mass is 251 g/mol. The molecule has 3 nitrogen and oxygen atoms in total. The van der Waals surface area contributed by atoms with Gasteiger partial charge in [-0.3, -0.25) is 0 Å². The van der Waals surface area contributed by atoms with Gasteiger partial charge in [0, 0.05) is 13.0 Å². The molecule has 0 aliphatic rings. The van der Waals surface area contributed by atoms with E-state index in [1.165, 1.54) is 0 Å². The Morgan fingerprint density at radius 2 is 2.18 bits per heavy atom. The number of aliphatic hydroxyl groups is 1. The number of fused-ring (bicyclic) bond motifs is 1. The Balaban J connectivity index is 2.12. The second-order valence-electron chi connectivity index (χ2n) is 4.39. The minimum Gasteiger partial charge on any atom is -0.387 e. The molecule has 1 N–H and O–H groups in total. The van der Waals surface area contributed by atoms with Gasteiger partial charge in [0.1, 0.15) is 0 Å². The van der Waals surface area contributed by atoms with Crippen LogP contribution in [0.4, 0.5) is 0 Å². The summed E-state index contributed by atoms with van der Waals surface area (Å²) in [5.41, 5.74) is 0.156. The molecule has 0 saturated heterocycles. The van der Waals surface area contributed by atoms with E-state index in [0.717, 1.165) is 15.2 Å². The van der Waals surface area contributed by atoms with Crippen LogP contribution in [0.1, 0.15) is 18.9 Å². The quantitative estimate of drug-likeness (QED) is 0.888.